The average molecular weight is 282 g/mol. The zero-order valence-corrected chi connectivity index (χ0v) is 10.6. The predicted molar refractivity (Wildman–Crippen MR) is 65.0 cm³/mol. The number of carbonyl (C=O) groups excluding carboxylic acids is 1. The zero-order valence-electron chi connectivity index (χ0n) is 9.82. The van der Waals surface area contributed by atoms with Crippen molar-refractivity contribution in [3.63, 3.8) is 0 Å². The Morgan fingerprint density at radius 1 is 1.32 bits per heavy atom. The minimum atomic E-state index is -3.78. The molecule has 0 fully saturated rings. The first-order valence-corrected chi connectivity index (χ1v) is 6.60. The van der Waals surface area contributed by atoms with Crippen LogP contribution >= 0.6 is 0 Å². The van der Waals surface area contributed by atoms with Gasteiger partial charge in [-0.15, -0.1) is 5.10 Å². The van der Waals surface area contributed by atoms with Crippen LogP contribution in [0.1, 0.15) is 10.6 Å². The number of esters is 1. The van der Waals surface area contributed by atoms with Gasteiger partial charge in [-0.05, 0) is 12.1 Å². The molecule has 0 amide bonds. The highest BCUT2D eigenvalue weighted by molar-refractivity contribution is 7.92. The lowest BCUT2D eigenvalue weighted by Crippen LogP contribution is -2.14. The molecule has 2 N–H and O–H groups in total. The number of benzene rings is 1. The summed E-state index contributed by atoms with van der Waals surface area (Å²) >= 11 is 0. The number of aromatic nitrogens is 3. The van der Waals surface area contributed by atoms with Gasteiger partial charge in [0, 0.05) is 0 Å². The molecule has 0 aliphatic rings. The molecule has 8 nitrogen and oxygen atoms in total. The van der Waals surface area contributed by atoms with Crippen LogP contribution in [0.2, 0.25) is 0 Å². The molecule has 19 heavy (non-hydrogen) atoms. The summed E-state index contributed by atoms with van der Waals surface area (Å²) in [5, 5.41) is 5.84. The summed E-state index contributed by atoms with van der Waals surface area (Å²) in [7, 11) is -2.60. The first-order chi connectivity index (χ1) is 9.03. The summed E-state index contributed by atoms with van der Waals surface area (Å²) in [4.78, 5) is 14.9. The van der Waals surface area contributed by atoms with Gasteiger partial charge in [0.05, 0.1) is 12.0 Å². The van der Waals surface area contributed by atoms with E-state index in [9.17, 15) is 13.2 Å². The summed E-state index contributed by atoms with van der Waals surface area (Å²) in [6, 6.07) is 7.73. The molecule has 0 saturated carbocycles. The summed E-state index contributed by atoms with van der Waals surface area (Å²) < 4.78 is 30.4. The van der Waals surface area contributed by atoms with E-state index in [1.165, 1.54) is 19.2 Å². The van der Waals surface area contributed by atoms with Crippen molar-refractivity contribution < 1.29 is 17.9 Å². The van der Waals surface area contributed by atoms with Gasteiger partial charge in [-0.25, -0.2) is 17.9 Å². The highest BCUT2D eigenvalue weighted by atomic mass is 32.2. The third kappa shape index (κ3) is 2.88. The molecule has 2 aromatic rings. The maximum absolute atomic E-state index is 11.9. The number of ether oxygens (including phenoxy) is 1. The van der Waals surface area contributed by atoms with Crippen molar-refractivity contribution in [2.75, 3.05) is 11.8 Å². The van der Waals surface area contributed by atoms with Crippen LogP contribution in [0.25, 0.3) is 0 Å². The molecular weight excluding hydrogens is 272 g/mol. The van der Waals surface area contributed by atoms with E-state index in [2.05, 4.69) is 24.6 Å². The third-order valence-corrected chi connectivity index (χ3v) is 3.49. The van der Waals surface area contributed by atoms with Crippen molar-refractivity contribution in [3.05, 3.63) is 36.2 Å². The molecule has 1 aromatic carbocycles. The van der Waals surface area contributed by atoms with E-state index in [1.54, 1.807) is 18.2 Å². The smallest absolute Gasteiger partial charge is 0.375 e. The Morgan fingerprint density at radius 3 is 2.63 bits per heavy atom. The first kappa shape index (κ1) is 13.0. The van der Waals surface area contributed by atoms with Gasteiger partial charge in [0.2, 0.25) is 5.82 Å². The number of nitrogens with one attached hydrogen (secondary N) is 2. The molecule has 0 saturated heterocycles. The van der Waals surface area contributed by atoms with Gasteiger partial charge in [-0.3, -0.25) is 5.10 Å². The molecule has 2 rings (SSSR count). The second-order valence-corrected chi connectivity index (χ2v) is 5.10. The fourth-order valence-electron chi connectivity index (χ4n) is 1.27. The van der Waals surface area contributed by atoms with Crippen molar-refractivity contribution in [3.8, 4) is 0 Å². The van der Waals surface area contributed by atoms with Crippen LogP contribution in [-0.4, -0.2) is 36.7 Å². The monoisotopic (exact) mass is 282 g/mol. The lowest BCUT2D eigenvalue weighted by atomic mass is 10.4. The number of anilines is 1. The number of hydrogen-bond acceptors (Lipinski definition) is 6. The van der Waals surface area contributed by atoms with Crippen LogP contribution in [0.5, 0.6) is 0 Å². The second-order valence-electron chi connectivity index (χ2n) is 3.42. The van der Waals surface area contributed by atoms with Crippen LogP contribution in [0.3, 0.4) is 0 Å². The molecule has 0 bridgehead atoms. The van der Waals surface area contributed by atoms with Crippen molar-refractivity contribution in [2.45, 2.75) is 4.90 Å². The third-order valence-electron chi connectivity index (χ3n) is 2.14. The SMILES string of the molecule is COC(=O)c1nc(NS(=O)(=O)c2ccccc2)n[nH]1. The van der Waals surface area contributed by atoms with Crippen LogP contribution in [0, 0.1) is 0 Å². The van der Waals surface area contributed by atoms with Gasteiger partial charge < -0.3 is 4.74 Å². The maximum atomic E-state index is 11.9. The number of nitrogens with zero attached hydrogens (tertiary/aromatic N) is 2. The molecule has 100 valence electrons. The number of hydrogen-bond donors (Lipinski definition) is 2. The Hall–Kier alpha value is -2.42. The Morgan fingerprint density at radius 2 is 2.00 bits per heavy atom. The number of rotatable bonds is 4. The minimum absolute atomic E-state index is 0.0689. The summed E-state index contributed by atoms with van der Waals surface area (Å²) in [6.07, 6.45) is 0. The predicted octanol–water partition coefficient (Wildman–Crippen LogP) is 0.392. The molecule has 1 aromatic heterocycles. The molecule has 1 heterocycles. The number of sulfonamides is 1. The number of methoxy groups -OCH3 is 1. The van der Waals surface area contributed by atoms with Gasteiger partial charge in [0.1, 0.15) is 0 Å². The summed E-state index contributed by atoms with van der Waals surface area (Å²) in [5.41, 5.74) is 0. The van der Waals surface area contributed by atoms with Crippen molar-refractivity contribution in [1.82, 2.24) is 15.2 Å². The number of H-pyrrole nitrogens is 1. The van der Waals surface area contributed by atoms with Crippen molar-refractivity contribution in [2.24, 2.45) is 0 Å². The molecule has 0 radical (unpaired) electrons. The van der Waals surface area contributed by atoms with E-state index in [-0.39, 0.29) is 16.7 Å². The Labute approximate surface area is 108 Å². The Kier molecular flexibility index (Phi) is 3.47. The molecule has 9 heteroatoms. The van der Waals surface area contributed by atoms with Crippen molar-refractivity contribution in [1.29, 1.82) is 0 Å². The van der Waals surface area contributed by atoms with E-state index in [0.717, 1.165) is 0 Å². The normalized spacial score (nSPS) is 11.0. The molecule has 0 aliphatic carbocycles. The van der Waals surface area contributed by atoms with Gasteiger partial charge >= 0.3 is 5.97 Å². The standard InChI is InChI=1S/C10H10N4O4S/c1-18-9(15)8-11-10(13-12-8)14-19(16,17)7-5-3-2-4-6-7/h2-6H,1H3,(H2,11,12,13,14). The van der Waals surface area contributed by atoms with E-state index >= 15 is 0 Å². The summed E-state index contributed by atoms with van der Waals surface area (Å²) in [6.45, 7) is 0. The quantitative estimate of drug-likeness (QED) is 0.784. The molecule has 0 atom stereocenters. The first-order valence-electron chi connectivity index (χ1n) is 5.11. The van der Waals surface area contributed by atoms with Gasteiger partial charge in [-0.1, -0.05) is 18.2 Å². The minimum Gasteiger partial charge on any atom is -0.463 e. The molecule has 0 aliphatic heterocycles. The average Bonchev–Trinajstić information content (AvgIpc) is 2.86. The van der Waals surface area contributed by atoms with Crippen LogP contribution < -0.4 is 4.72 Å². The van der Waals surface area contributed by atoms with Crippen LogP contribution in [-0.2, 0) is 14.8 Å². The topological polar surface area (TPSA) is 114 Å². The fourth-order valence-corrected chi connectivity index (χ4v) is 2.24. The van der Waals surface area contributed by atoms with Crippen LogP contribution in [0.4, 0.5) is 5.95 Å². The van der Waals surface area contributed by atoms with E-state index in [0.29, 0.717) is 0 Å². The van der Waals surface area contributed by atoms with Gasteiger partial charge in [-0.2, -0.15) is 4.98 Å². The zero-order chi connectivity index (χ0) is 13.9. The lowest BCUT2D eigenvalue weighted by Gasteiger charge is -2.03. The second kappa shape index (κ2) is 5.06. The fraction of sp³-hybridized carbons (Fsp3) is 0.100. The molecule has 0 unspecified atom stereocenters. The number of aromatic amines is 1. The van der Waals surface area contributed by atoms with E-state index in [1.807, 2.05) is 0 Å². The number of carbonyl (C=O) groups is 1. The van der Waals surface area contributed by atoms with Crippen LogP contribution in [0.15, 0.2) is 35.2 Å². The Balaban J connectivity index is 2.22. The molecular formula is C10H10N4O4S. The lowest BCUT2D eigenvalue weighted by molar-refractivity contribution is 0.0587. The highest BCUT2D eigenvalue weighted by Crippen LogP contribution is 2.12. The summed E-state index contributed by atoms with van der Waals surface area (Å²) in [5.74, 6) is -1.16. The highest BCUT2D eigenvalue weighted by Gasteiger charge is 2.18. The van der Waals surface area contributed by atoms with E-state index < -0.39 is 16.0 Å². The molecule has 0 spiro atoms. The maximum Gasteiger partial charge on any atom is 0.375 e. The van der Waals surface area contributed by atoms with Gasteiger partial charge in [0.15, 0.2) is 0 Å². The largest absolute Gasteiger partial charge is 0.463 e. The van der Waals surface area contributed by atoms with E-state index in [4.69, 9.17) is 0 Å². The van der Waals surface area contributed by atoms with Gasteiger partial charge in [0.25, 0.3) is 16.0 Å². The van der Waals surface area contributed by atoms with Crippen molar-refractivity contribution >= 4 is 21.9 Å². The Bertz CT molecular complexity index is 681.